The van der Waals surface area contributed by atoms with Crippen molar-refractivity contribution >= 4 is 22.5 Å². The van der Waals surface area contributed by atoms with Gasteiger partial charge in [0.1, 0.15) is 12.9 Å². The fourth-order valence-electron chi connectivity index (χ4n) is 2.94. The van der Waals surface area contributed by atoms with E-state index >= 15 is 0 Å². The maximum absolute atomic E-state index is 12.8. The van der Waals surface area contributed by atoms with Crippen molar-refractivity contribution in [3.8, 4) is 10.7 Å². The lowest BCUT2D eigenvalue weighted by Gasteiger charge is -2.04. The van der Waals surface area contributed by atoms with Crippen LogP contribution in [0.5, 0.6) is 0 Å². The molecule has 0 aliphatic rings. The highest BCUT2D eigenvalue weighted by atomic mass is 32.1. The molecule has 5 rings (SSSR count). The number of aromatic nitrogens is 7. The third-order valence-electron chi connectivity index (χ3n) is 4.46. The molecule has 9 nitrogen and oxygen atoms in total. The van der Waals surface area contributed by atoms with Gasteiger partial charge in [-0.25, -0.2) is 9.67 Å². The van der Waals surface area contributed by atoms with Crippen molar-refractivity contribution in [2.24, 2.45) is 0 Å². The van der Waals surface area contributed by atoms with Gasteiger partial charge in [0.2, 0.25) is 11.7 Å². The third-order valence-corrected chi connectivity index (χ3v) is 5.33. The summed E-state index contributed by atoms with van der Waals surface area (Å²) >= 11 is 1.52. The maximum atomic E-state index is 12.8. The van der Waals surface area contributed by atoms with Crippen LogP contribution in [0.3, 0.4) is 0 Å². The number of benzene rings is 1. The summed E-state index contributed by atoms with van der Waals surface area (Å²) in [4.78, 5) is 22.4. The van der Waals surface area contributed by atoms with E-state index in [9.17, 15) is 4.79 Å². The van der Waals surface area contributed by atoms with Crippen LogP contribution in [-0.2, 0) is 13.1 Å². The van der Waals surface area contributed by atoms with Gasteiger partial charge < -0.3 is 4.52 Å². The second-order valence-corrected chi connectivity index (χ2v) is 7.52. The Labute approximate surface area is 168 Å². The molecule has 144 valence electrons. The molecule has 4 heterocycles. The number of aryl methyl sites for hydroxylation is 1. The van der Waals surface area contributed by atoms with Gasteiger partial charge in [-0.05, 0) is 23.9 Å². The third kappa shape index (κ3) is 3.34. The largest absolute Gasteiger partial charge is 0.337 e. The molecule has 0 spiro atoms. The molecule has 0 fully saturated rings. The summed E-state index contributed by atoms with van der Waals surface area (Å²) in [5.74, 6) is 0.824. The Hall–Kier alpha value is -3.66. The molecule has 0 atom stereocenters. The number of fused-ring (bicyclic) bond motifs is 1. The Morgan fingerprint density at radius 1 is 1.14 bits per heavy atom. The summed E-state index contributed by atoms with van der Waals surface area (Å²) in [5, 5.41) is 14.0. The molecule has 0 radical (unpaired) electrons. The molecule has 29 heavy (non-hydrogen) atoms. The molecule has 4 aromatic heterocycles. The van der Waals surface area contributed by atoms with Crippen LogP contribution < -0.4 is 5.56 Å². The van der Waals surface area contributed by atoms with Gasteiger partial charge in [-0.2, -0.15) is 4.98 Å². The van der Waals surface area contributed by atoms with Crippen molar-refractivity contribution in [2.75, 3.05) is 0 Å². The van der Waals surface area contributed by atoms with Crippen molar-refractivity contribution in [1.82, 2.24) is 34.7 Å². The molecule has 0 aliphatic heterocycles. The highest BCUT2D eigenvalue weighted by Crippen LogP contribution is 2.21. The summed E-state index contributed by atoms with van der Waals surface area (Å²) in [6.07, 6.45) is 1.45. The zero-order chi connectivity index (χ0) is 19.8. The van der Waals surface area contributed by atoms with Crippen LogP contribution in [0.1, 0.15) is 17.0 Å². The SMILES string of the molecule is Cc1ccc(Cn2nnc3c(=O)n(Cc4nc(-c5cccs5)no4)cnc32)cc1. The predicted molar refractivity (Wildman–Crippen MR) is 107 cm³/mol. The molecule has 0 saturated heterocycles. The lowest BCUT2D eigenvalue weighted by molar-refractivity contribution is 0.369. The van der Waals surface area contributed by atoms with Crippen LogP contribution >= 0.6 is 11.3 Å². The van der Waals surface area contributed by atoms with Gasteiger partial charge in [0.25, 0.3) is 5.56 Å². The summed E-state index contributed by atoms with van der Waals surface area (Å²) in [6.45, 7) is 2.64. The van der Waals surface area contributed by atoms with E-state index in [0.717, 1.165) is 10.4 Å². The minimum atomic E-state index is -0.305. The van der Waals surface area contributed by atoms with E-state index in [-0.39, 0.29) is 17.6 Å². The van der Waals surface area contributed by atoms with Crippen LogP contribution in [0, 0.1) is 6.92 Å². The Morgan fingerprint density at radius 2 is 2.00 bits per heavy atom. The number of thiophene rings is 1. The monoisotopic (exact) mass is 405 g/mol. The van der Waals surface area contributed by atoms with Gasteiger partial charge in [-0.15, -0.1) is 16.4 Å². The Bertz CT molecular complexity index is 1330. The van der Waals surface area contributed by atoms with E-state index in [0.29, 0.717) is 23.9 Å². The number of hydrogen-bond acceptors (Lipinski definition) is 8. The average molecular weight is 405 g/mol. The average Bonchev–Trinajstić information content (AvgIpc) is 3.47. The molecule has 0 saturated carbocycles. The van der Waals surface area contributed by atoms with E-state index in [1.165, 1.54) is 27.8 Å². The lowest BCUT2D eigenvalue weighted by Crippen LogP contribution is -2.21. The molecular weight excluding hydrogens is 390 g/mol. The van der Waals surface area contributed by atoms with Crippen molar-refractivity contribution in [3.05, 3.63) is 75.5 Å². The van der Waals surface area contributed by atoms with Crippen LogP contribution in [-0.4, -0.2) is 34.7 Å². The van der Waals surface area contributed by atoms with Gasteiger partial charge in [-0.1, -0.05) is 46.3 Å². The van der Waals surface area contributed by atoms with Crippen LogP contribution in [0.2, 0.25) is 0 Å². The van der Waals surface area contributed by atoms with Gasteiger partial charge in [0, 0.05) is 0 Å². The van der Waals surface area contributed by atoms with Gasteiger partial charge in [0.15, 0.2) is 11.2 Å². The van der Waals surface area contributed by atoms with Gasteiger partial charge >= 0.3 is 0 Å². The highest BCUT2D eigenvalue weighted by molar-refractivity contribution is 7.13. The van der Waals surface area contributed by atoms with E-state index in [2.05, 4.69) is 25.4 Å². The van der Waals surface area contributed by atoms with E-state index in [1.54, 1.807) is 4.68 Å². The number of hydrogen-bond donors (Lipinski definition) is 0. The lowest BCUT2D eigenvalue weighted by atomic mass is 10.1. The van der Waals surface area contributed by atoms with Crippen LogP contribution in [0.25, 0.3) is 21.9 Å². The molecule has 5 aromatic rings. The zero-order valence-electron chi connectivity index (χ0n) is 15.4. The standard InChI is InChI=1S/C19H15N7O2S/c1-12-4-6-13(7-5-12)9-26-18-16(22-24-26)19(27)25(11-20-18)10-15-21-17(23-28-15)14-3-2-8-29-14/h2-8,11H,9-10H2,1H3. The minimum absolute atomic E-state index is 0.116. The topological polar surface area (TPSA) is 105 Å². The molecule has 0 bridgehead atoms. The molecule has 0 N–H and O–H groups in total. The Morgan fingerprint density at radius 3 is 2.79 bits per heavy atom. The number of rotatable bonds is 5. The highest BCUT2D eigenvalue weighted by Gasteiger charge is 2.15. The zero-order valence-corrected chi connectivity index (χ0v) is 16.2. The first kappa shape index (κ1) is 17.4. The Kier molecular flexibility index (Phi) is 4.24. The van der Waals surface area contributed by atoms with Crippen LogP contribution in [0.15, 0.2) is 57.4 Å². The normalized spacial score (nSPS) is 11.3. The quantitative estimate of drug-likeness (QED) is 0.442. The second kappa shape index (κ2) is 7.06. The molecule has 0 aliphatic carbocycles. The summed E-state index contributed by atoms with van der Waals surface area (Å²) in [5.41, 5.74) is 2.58. The Balaban J connectivity index is 1.42. The van der Waals surface area contributed by atoms with Crippen LogP contribution in [0.4, 0.5) is 0 Å². The van der Waals surface area contributed by atoms with Crippen molar-refractivity contribution in [3.63, 3.8) is 0 Å². The van der Waals surface area contributed by atoms with Crippen molar-refractivity contribution in [1.29, 1.82) is 0 Å². The summed E-state index contributed by atoms with van der Waals surface area (Å²) < 4.78 is 8.28. The first-order valence-electron chi connectivity index (χ1n) is 8.88. The molecule has 0 unspecified atom stereocenters. The maximum Gasteiger partial charge on any atom is 0.283 e. The van der Waals surface area contributed by atoms with E-state index in [4.69, 9.17) is 4.52 Å². The molecular formula is C19H15N7O2S. The van der Waals surface area contributed by atoms with Gasteiger partial charge in [0.05, 0.1) is 11.4 Å². The fourth-order valence-corrected chi connectivity index (χ4v) is 3.59. The number of nitrogens with zero attached hydrogens (tertiary/aromatic N) is 7. The summed E-state index contributed by atoms with van der Waals surface area (Å²) in [7, 11) is 0. The smallest absolute Gasteiger partial charge is 0.283 e. The first-order chi connectivity index (χ1) is 14.2. The fraction of sp³-hybridized carbons (Fsp3) is 0.158. The summed E-state index contributed by atoms with van der Waals surface area (Å²) in [6, 6.07) is 11.9. The van der Waals surface area contributed by atoms with Crippen molar-refractivity contribution in [2.45, 2.75) is 20.0 Å². The molecule has 0 amide bonds. The van der Waals surface area contributed by atoms with Gasteiger partial charge in [-0.3, -0.25) is 9.36 Å². The van der Waals surface area contributed by atoms with E-state index < -0.39 is 0 Å². The predicted octanol–water partition coefficient (Wildman–Crippen LogP) is 2.50. The molecule has 10 heteroatoms. The van der Waals surface area contributed by atoms with E-state index in [1.807, 2.05) is 48.7 Å². The second-order valence-electron chi connectivity index (χ2n) is 6.57. The minimum Gasteiger partial charge on any atom is -0.337 e. The molecule has 1 aromatic carbocycles. The van der Waals surface area contributed by atoms with Crippen molar-refractivity contribution < 1.29 is 4.52 Å². The first-order valence-corrected chi connectivity index (χ1v) is 9.76.